The minimum atomic E-state index is -4.34. The van der Waals surface area contributed by atoms with E-state index in [1.54, 1.807) is 13.8 Å². The SMILES string of the molecule is CCCNc1nc(OC(C)C)nc(N(C)CC(F)(F)F)n1. The third-order valence-electron chi connectivity index (χ3n) is 2.24. The van der Waals surface area contributed by atoms with Crippen LogP contribution in [0.4, 0.5) is 25.1 Å². The molecule has 6 nitrogen and oxygen atoms in total. The third-order valence-corrected chi connectivity index (χ3v) is 2.24. The summed E-state index contributed by atoms with van der Waals surface area (Å²) in [5.41, 5.74) is 0. The molecular formula is C12H20F3N5O. The Hall–Kier alpha value is -1.80. The summed E-state index contributed by atoms with van der Waals surface area (Å²) in [6.45, 7) is 4.97. The Morgan fingerprint density at radius 3 is 2.43 bits per heavy atom. The molecule has 120 valence electrons. The van der Waals surface area contributed by atoms with E-state index in [0.717, 1.165) is 11.3 Å². The van der Waals surface area contributed by atoms with Gasteiger partial charge in [0.25, 0.3) is 0 Å². The van der Waals surface area contributed by atoms with Crippen LogP contribution < -0.4 is 15.0 Å². The Bertz CT molecular complexity index is 453. The van der Waals surface area contributed by atoms with Gasteiger partial charge < -0.3 is 15.0 Å². The Kier molecular flexibility index (Phi) is 5.98. The molecule has 0 aliphatic heterocycles. The molecule has 0 aromatic carbocycles. The van der Waals surface area contributed by atoms with Crippen molar-refractivity contribution >= 4 is 11.9 Å². The van der Waals surface area contributed by atoms with Gasteiger partial charge >= 0.3 is 12.2 Å². The number of halogens is 3. The zero-order valence-corrected chi connectivity index (χ0v) is 12.5. The molecule has 0 saturated heterocycles. The Labute approximate surface area is 121 Å². The van der Waals surface area contributed by atoms with Crippen LogP contribution in [0.15, 0.2) is 0 Å². The number of alkyl halides is 3. The van der Waals surface area contributed by atoms with E-state index < -0.39 is 12.7 Å². The first-order valence-electron chi connectivity index (χ1n) is 6.65. The second kappa shape index (κ2) is 7.28. The van der Waals surface area contributed by atoms with Crippen LogP contribution in [0.2, 0.25) is 0 Å². The van der Waals surface area contributed by atoms with Crippen LogP contribution in [0.25, 0.3) is 0 Å². The molecule has 0 radical (unpaired) electrons. The van der Waals surface area contributed by atoms with E-state index in [-0.39, 0.29) is 24.0 Å². The Morgan fingerprint density at radius 2 is 1.90 bits per heavy atom. The quantitative estimate of drug-likeness (QED) is 0.835. The van der Waals surface area contributed by atoms with Gasteiger partial charge in [0.1, 0.15) is 6.54 Å². The van der Waals surface area contributed by atoms with Gasteiger partial charge in [-0.05, 0) is 20.3 Å². The van der Waals surface area contributed by atoms with E-state index in [9.17, 15) is 13.2 Å². The maximum atomic E-state index is 12.4. The lowest BCUT2D eigenvalue weighted by Crippen LogP contribution is -2.32. The highest BCUT2D eigenvalue weighted by Crippen LogP contribution is 2.20. The number of aromatic nitrogens is 3. The van der Waals surface area contributed by atoms with Crippen LogP contribution in [0.1, 0.15) is 27.2 Å². The van der Waals surface area contributed by atoms with Crippen LogP contribution in [0, 0.1) is 0 Å². The van der Waals surface area contributed by atoms with Crippen LogP contribution in [-0.2, 0) is 0 Å². The molecule has 1 aromatic rings. The highest BCUT2D eigenvalue weighted by molar-refractivity contribution is 5.37. The van der Waals surface area contributed by atoms with Gasteiger partial charge in [-0.2, -0.15) is 28.1 Å². The summed E-state index contributed by atoms with van der Waals surface area (Å²) < 4.78 is 42.7. The predicted octanol–water partition coefficient (Wildman–Crippen LogP) is 2.48. The largest absolute Gasteiger partial charge is 0.461 e. The lowest BCUT2D eigenvalue weighted by atomic mass is 10.5. The number of rotatable bonds is 7. The highest BCUT2D eigenvalue weighted by Gasteiger charge is 2.30. The summed E-state index contributed by atoms with van der Waals surface area (Å²) in [7, 11) is 1.27. The first kappa shape index (κ1) is 17.3. The zero-order valence-electron chi connectivity index (χ0n) is 12.5. The fraction of sp³-hybridized carbons (Fsp3) is 0.750. The molecule has 0 saturated carbocycles. The number of nitrogens with one attached hydrogen (secondary N) is 1. The normalized spacial score (nSPS) is 11.6. The monoisotopic (exact) mass is 307 g/mol. The van der Waals surface area contributed by atoms with Crippen molar-refractivity contribution in [2.45, 2.75) is 39.5 Å². The van der Waals surface area contributed by atoms with E-state index >= 15 is 0 Å². The molecule has 0 fully saturated rings. The number of nitrogens with zero attached hydrogens (tertiary/aromatic N) is 4. The lowest BCUT2D eigenvalue weighted by molar-refractivity contribution is -0.119. The van der Waals surface area contributed by atoms with Gasteiger partial charge in [0.2, 0.25) is 11.9 Å². The third kappa shape index (κ3) is 6.46. The maximum absolute atomic E-state index is 12.4. The standard InChI is InChI=1S/C12H20F3N5O/c1-5-6-16-9-17-10(20(4)7-12(13,14)15)19-11(18-9)21-8(2)3/h8H,5-7H2,1-4H3,(H,16,17,18,19). The number of anilines is 2. The second-order valence-electron chi connectivity index (χ2n) is 4.81. The molecule has 9 heteroatoms. The van der Waals surface area contributed by atoms with Gasteiger partial charge in [0.05, 0.1) is 6.10 Å². The smallest absolute Gasteiger partial charge is 0.406 e. The van der Waals surface area contributed by atoms with E-state index in [0.29, 0.717) is 6.54 Å². The molecule has 0 aliphatic carbocycles. The Morgan fingerprint density at radius 1 is 1.24 bits per heavy atom. The van der Waals surface area contributed by atoms with E-state index in [1.807, 2.05) is 6.92 Å². The summed E-state index contributed by atoms with van der Waals surface area (Å²) in [4.78, 5) is 12.8. The summed E-state index contributed by atoms with van der Waals surface area (Å²) >= 11 is 0. The lowest BCUT2D eigenvalue weighted by Gasteiger charge is -2.20. The average Bonchev–Trinajstić information content (AvgIpc) is 2.33. The molecule has 21 heavy (non-hydrogen) atoms. The van der Waals surface area contributed by atoms with E-state index in [2.05, 4.69) is 20.3 Å². The first-order chi connectivity index (χ1) is 9.71. The molecule has 0 aliphatic rings. The van der Waals surface area contributed by atoms with Crippen LogP contribution >= 0.6 is 0 Å². The fourth-order valence-corrected chi connectivity index (χ4v) is 1.44. The van der Waals surface area contributed by atoms with Crippen LogP contribution in [0.5, 0.6) is 6.01 Å². The molecule has 0 atom stereocenters. The maximum Gasteiger partial charge on any atom is 0.406 e. The molecule has 1 N–H and O–H groups in total. The van der Waals surface area contributed by atoms with Gasteiger partial charge in [0.15, 0.2) is 0 Å². The average molecular weight is 307 g/mol. The van der Waals surface area contributed by atoms with Gasteiger partial charge in [-0.15, -0.1) is 0 Å². The summed E-state index contributed by atoms with van der Waals surface area (Å²) in [5, 5.41) is 2.92. The topological polar surface area (TPSA) is 63.2 Å². The highest BCUT2D eigenvalue weighted by atomic mass is 19.4. The van der Waals surface area contributed by atoms with E-state index in [4.69, 9.17) is 4.74 Å². The molecule has 1 aromatic heterocycles. The molecule has 1 heterocycles. The van der Waals surface area contributed by atoms with Crippen molar-refractivity contribution in [2.24, 2.45) is 0 Å². The van der Waals surface area contributed by atoms with Crippen molar-refractivity contribution in [3.8, 4) is 6.01 Å². The van der Waals surface area contributed by atoms with Crippen molar-refractivity contribution in [1.29, 1.82) is 0 Å². The fourth-order valence-electron chi connectivity index (χ4n) is 1.44. The van der Waals surface area contributed by atoms with Crippen molar-refractivity contribution < 1.29 is 17.9 Å². The van der Waals surface area contributed by atoms with Gasteiger partial charge in [0, 0.05) is 13.6 Å². The van der Waals surface area contributed by atoms with Crippen molar-refractivity contribution in [3.05, 3.63) is 0 Å². The van der Waals surface area contributed by atoms with E-state index in [1.165, 1.54) is 7.05 Å². The Balaban J connectivity index is 2.99. The number of hydrogen-bond donors (Lipinski definition) is 1. The predicted molar refractivity (Wildman–Crippen MR) is 73.7 cm³/mol. The van der Waals surface area contributed by atoms with Crippen LogP contribution in [0.3, 0.4) is 0 Å². The number of hydrogen-bond acceptors (Lipinski definition) is 6. The van der Waals surface area contributed by atoms with Gasteiger partial charge in [-0.25, -0.2) is 0 Å². The molecule has 0 amide bonds. The summed E-state index contributed by atoms with van der Waals surface area (Å²) in [5.74, 6) is 0.114. The molecule has 0 bridgehead atoms. The number of ether oxygens (including phenoxy) is 1. The van der Waals surface area contributed by atoms with Crippen molar-refractivity contribution in [1.82, 2.24) is 15.0 Å². The molecule has 0 unspecified atom stereocenters. The molecule has 0 spiro atoms. The zero-order chi connectivity index (χ0) is 16.0. The van der Waals surface area contributed by atoms with Crippen molar-refractivity contribution in [3.63, 3.8) is 0 Å². The van der Waals surface area contributed by atoms with Crippen molar-refractivity contribution in [2.75, 3.05) is 30.4 Å². The minimum absolute atomic E-state index is 0.00243. The summed E-state index contributed by atoms with van der Waals surface area (Å²) in [6, 6.07) is 0.00243. The van der Waals surface area contributed by atoms with Crippen LogP contribution in [-0.4, -0.2) is 47.4 Å². The molecule has 1 rings (SSSR count). The minimum Gasteiger partial charge on any atom is -0.461 e. The summed E-state index contributed by atoms with van der Waals surface area (Å²) in [6.07, 6.45) is -3.69. The van der Waals surface area contributed by atoms with Gasteiger partial charge in [-0.3, -0.25) is 0 Å². The van der Waals surface area contributed by atoms with Gasteiger partial charge in [-0.1, -0.05) is 6.92 Å². The first-order valence-corrected chi connectivity index (χ1v) is 6.65. The molecular weight excluding hydrogens is 287 g/mol. The second-order valence-corrected chi connectivity index (χ2v) is 4.81.